The Labute approximate surface area is 152 Å². The molecule has 1 N–H and O–H groups in total. The summed E-state index contributed by atoms with van der Waals surface area (Å²) in [5.41, 5.74) is 2.18. The van der Waals surface area contributed by atoms with Crippen molar-refractivity contribution >= 4 is 29.0 Å². The Kier molecular flexibility index (Phi) is 5.50. The van der Waals surface area contributed by atoms with Crippen LogP contribution in [-0.2, 0) is 4.74 Å². The zero-order chi connectivity index (χ0) is 17.8. The molecule has 1 fully saturated rings. The number of rotatable bonds is 5. The van der Waals surface area contributed by atoms with Crippen LogP contribution in [0.3, 0.4) is 0 Å². The molecule has 1 aliphatic rings. The first kappa shape index (κ1) is 17.6. The number of hydrogen-bond acceptors (Lipinski definition) is 5. The highest BCUT2D eigenvalue weighted by atomic mass is 35.5. The predicted molar refractivity (Wildman–Crippen MR) is 97.2 cm³/mol. The summed E-state index contributed by atoms with van der Waals surface area (Å²) >= 11 is 6.31. The predicted octanol–water partition coefficient (Wildman–Crippen LogP) is 3.78. The average molecular weight is 361 g/mol. The fourth-order valence-electron chi connectivity index (χ4n) is 2.83. The number of carbonyl (C=O) groups is 1. The minimum atomic E-state index is -0.160. The first-order valence-corrected chi connectivity index (χ1v) is 8.74. The molecule has 25 heavy (non-hydrogen) atoms. The molecule has 0 saturated carbocycles. The summed E-state index contributed by atoms with van der Waals surface area (Å²) < 4.78 is 5.63. The monoisotopic (exact) mass is 360 g/mol. The minimum absolute atomic E-state index is 0.103. The molecule has 0 bridgehead atoms. The van der Waals surface area contributed by atoms with Crippen LogP contribution in [0, 0.1) is 6.92 Å². The maximum absolute atomic E-state index is 12.7. The van der Waals surface area contributed by atoms with Crippen LogP contribution in [0.15, 0.2) is 30.6 Å². The van der Waals surface area contributed by atoms with Crippen LogP contribution < -0.4 is 5.32 Å². The van der Waals surface area contributed by atoms with E-state index in [1.165, 1.54) is 0 Å². The van der Waals surface area contributed by atoms with Gasteiger partial charge < -0.3 is 15.0 Å². The van der Waals surface area contributed by atoms with Crippen molar-refractivity contribution in [2.75, 3.05) is 18.5 Å². The number of nitrogens with zero attached hydrogens (tertiary/aromatic N) is 3. The number of carbonyl (C=O) groups excluding carboxylic acids is 1. The van der Waals surface area contributed by atoms with Gasteiger partial charge in [-0.05, 0) is 44.9 Å². The van der Waals surface area contributed by atoms with E-state index < -0.39 is 0 Å². The molecule has 0 radical (unpaired) electrons. The van der Waals surface area contributed by atoms with E-state index in [1.54, 1.807) is 23.4 Å². The first-order valence-electron chi connectivity index (χ1n) is 8.36. The number of hydrogen-bond donors (Lipinski definition) is 1. The third-order valence-corrected chi connectivity index (χ3v) is 4.37. The molecule has 132 valence electrons. The smallest absolute Gasteiger partial charge is 0.257 e. The van der Waals surface area contributed by atoms with Gasteiger partial charge >= 0.3 is 0 Å². The van der Waals surface area contributed by atoms with Crippen LogP contribution in [0.5, 0.6) is 0 Å². The molecule has 3 rings (SSSR count). The first-order chi connectivity index (χ1) is 12.1. The lowest BCUT2D eigenvalue weighted by Gasteiger charge is -2.24. The van der Waals surface area contributed by atoms with Crippen LogP contribution in [0.4, 0.5) is 11.5 Å². The zero-order valence-corrected chi connectivity index (χ0v) is 15.1. The SMILES string of the molecule is CCOC1CCCN1C(=O)c1cnc(Nc2ccc(C)nc2)c(Cl)c1. The van der Waals surface area contributed by atoms with Crippen molar-refractivity contribution in [3.8, 4) is 0 Å². The molecule has 1 amide bonds. The maximum atomic E-state index is 12.7. The summed E-state index contributed by atoms with van der Waals surface area (Å²) in [6, 6.07) is 5.44. The molecule has 0 spiro atoms. The van der Waals surface area contributed by atoms with Crippen LogP contribution in [0.1, 0.15) is 35.8 Å². The molecule has 2 aromatic rings. The fraction of sp³-hybridized carbons (Fsp3) is 0.389. The van der Waals surface area contributed by atoms with Gasteiger partial charge in [0.1, 0.15) is 12.0 Å². The molecular weight excluding hydrogens is 340 g/mol. The van der Waals surface area contributed by atoms with E-state index in [9.17, 15) is 4.79 Å². The third kappa shape index (κ3) is 4.08. The van der Waals surface area contributed by atoms with Gasteiger partial charge in [-0.1, -0.05) is 11.6 Å². The molecule has 0 aliphatic carbocycles. The second-order valence-corrected chi connectivity index (χ2v) is 6.33. The quantitative estimate of drug-likeness (QED) is 0.878. The third-order valence-electron chi connectivity index (χ3n) is 4.08. The van der Waals surface area contributed by atoms with E-state index in [4.69, 9.17) is 16.3 Å². The number of nitrogens with one attached hydrogen (secondary N) is 1. The molecule has 1 atom stereocenters. The Morgan fingerprint density at radius 3 is 2.92 bits per heavy atom. The lowest BCUT2D eigenvalue weighted by Crippen LogP contribution is -2.37. The van der Waals surface area contributed by atoms with Crippen LogP contribution in [-0.4, -0.2) is 40.2 Å². The molecular formula is C18H21ClN4O2. The fourth-order valence-corrected chi connectivity index (χ4v) is 3.04. The van der Waals surface area contributed by atoms with Crippen molar-refractivity contribution in [2.45, 2.75) is 32.9 Å². The normalized spacial score (nSPS) is 16.9. The van der Waals surface area contributed by atoms with Crippen molar-refractivity contribution in [3.05, 3.63) is 46.9 Å². The Balaban J connectivity index is 1.75. The largest absolute Gasteiger partial charge is 0.359 e. The van der Waals surface area contributed by atoms with E-state index in [0.717, 1.165) is 24.2 Å². The molecule has 2 aromatic heterocycles. The molecule has 1 aliphatic heterocycles. The van der Waals surface area contributed by atoms with Gasteiger partial charge in [-0.3, -0.25) is 9.78 Å². The summed E-state index contributed by atoms with van der Waals surface area (Å²) in [4.78, 5) is 23.0. The van der Waals surface area contributed by atoms with Crippen LogP contribution >= 0.6 is 11.6 Å². The lowest BCUT2D eigenvalue weighted by molar-refractivity contribution is -0.0195. The summed E-state index contributed by atoms with van der Waals surface area (Å²) in [7, 11) is 0. The summed E-state index contributed by atoms with van der Waals surface area (Å²) in [6.07, 6.45) is 4.90. The van der Waals surface area contributed by atoms with Gasteiger partial charge in [-0.2, -0.15) is 0 Å². The van der Waals surface area contributed by atoms with Crippen LogP contribution in [0.2, 0.25) is 5.02 Å². The standard InChI is InChI=1S/C18H21ClN4O2/c1-3-25-16-5-4-8-23(16)18(24)13-9-15(19)17(21-10-13)22-14-7-6-12(2)20-11-14/h6-7,9-11,16H,3-5,8H2,1-2H3,(H,21,22). The lowest BCUT2D eigenvalue weighted by atomic mass is 10.2. The van der Waals surface area contributed by atoms with E-state index >= 15 is 0 Å². The van der Waals surface area contributed by atoms with E-state index in [1.807, 2.05) is 26.0 Å². The van der Waals surface area contributed by atoms with Gasteiger partial charge in [-0.15, -0.1) is 0 Å². The van der Waals surface area contributed by atoms with Crippen LogP contribution in [0.25, 0.3) is 0 Å². The molecule has 3 heterocycles. The number of halogens is 1. The van der Waals surface area contributed by atoms with Gasteiger partial charge in [0.05, 0.1) is 22.5 Å². The summed E-state index contributed by atoms with van der Waals surface area (Å²) in [5.74, 6) is 0.389. The second-order valence-electron chi connectivity index (χ2n) is 5.92. The van der Waals surface area contributed by atoms with Gasteiger partial charge in [0.2, 0.25) is 0 Å². The average Bonchev–Trinajstić information content (AvgIpc) is 3.06. The molecule has 1 unspecified atom stereocenters. The molecule has 0 aromatic carbocycles. The number of aryl methyl sites for hydroxylation is 1. The van der Waals surface area contributed by atoms with Crippen molar-refractivity contribution in [1.82, 2.24) is 14.9 Å². The highest BCUT2D eigenvalue weighted by Crippen LogP contribution is 2.26. The van der Waals surface area contributed by atoms with E-state index in [-0.39, 0.29) is 12.1 Å². The maximum Gasteiger partial charge on any atom is 0.257 e. The van der Waals surface area contributed by atoms with Crippen molar-refractivity contribution in [1.29, 1.82) is 0 Å². The highest BCUT2D eigenvalue weighted by molar-refractivity contribution is 6.33. The van der Waals surface area contributed by atoms with Crippen molar-refractivity contribution in [2.24, 2.45) is 0 Å². The topological polar surface area (TPSA) is 67.3 Å². The number of pyridine rings is 2. The Morgan fingerprint density at radius 1 is 1.40 bits per heavy atom. The number of likely N-dealkylation sites (tertiary alicyclic amines) is 1. The van der Waals surface area contributed by atoms with Gasteiger partial charge in [0.25, 0.3) is 5.91 Å². The number of anilines is 2. The Hall–Kier alpha value is -2.18. The second kappa shape index (κ2) is 7.80. The zero-order valence-electron chi connectivity index (χ0n) is 14.3. The minimum Gasteiger partial charge on any atom is -0.359 e. The van der Waals surface area contributed by atoms with Crippen molar-refractivity contribution < 1.29 is 9.53 Å². The highest BCUT2D eigenvalue weighted by Gasteiger charge is 2.30. The van der Waals surface area contributed by atoms with Gasteiger partial charge in [-0.25, -0.2) is 4.98 Å². The Bertz CT molecular complexity index is 751. The Morgan fingerprint density at radius 2 is 2.24 bits per heavy atom. The number of aromatic nitrogens is 2. The molecule has 1 saturated heterocycles. The summed E-state index contributed by atoms with van der Waals surface area (Å²) in [6.45, 7) is 5.13. The number of amides is 1. The molecule has 7 heteroatoms. The van der Waals surface area contributed by atoms with Crippen molar-refractivity contribution in [3.63, 3.8) is 0 Å². The van der Waals surface area contributed by atoms with E-state index in [2.05, 4.69) is 15.3 Å². The molecule has 6 nitrogen and oxygen atoms in total. The number of ether oxygens (including phenoxy) is 1. The summed E-state index contributed by atoms with van der Waals surface area (Å²) in [5, 5.41) is 3.50. The van der Waals surface area contributed by atoms with Gasteiger partial charge in [0.15, 0.2) is 0 Å². The van der Waals surface area contributed by atoms with Gasteiger partial charge in [0, 0.05) is 25.0 Å². The van der Waals surface area contributed by atoms with E-state index in [0.29, 0.717) is 29.6 Å².